The first-order chi connectivity index (χ1) is 10.6. The van der Waals surface area contributed by atoms with Gasteiger partial charge >= 0.3 is 0 Å². The van der Waals surface area contributed by atoms with Crippen molar-refractivity contribution in [3.05, 3.63) is 54.1 Å². The Balaban J connectivity index is 1.94. The van der Waals surface area contributed by atoms with Crippen molar-refractivity contribution in [2.45, 2.75) is 13.5 Å². The van der Waals surface area contributed by atoms with Gasteiger partial charge < -0.3 is 14.2 Å². The molecule has 1 heterocycles. The molecule has 0 saturated heterocycles. The molecule has 1 aromatic carbocycles. The number of amides is 1. The van der Waals surface area contributed by atoms with E-state index in [-0.39, 0.29) is 5.91 Å². The van der Waals surface area contributed by atoms with Crippen LogP contribution in [-0.4, -0.2) is 34.0 Å². The lowest BCUT2D eigenvalue weighted by atomic mass is 10.2. The number of imidazole rings is 1. The minimum Gasteiger partial charge on any atom is -0.494 e. The number of ether oxygens (including phenoxy) is 1. The SMILES string of the molecule is CCOc1ccc(C=CC(=O)N(C)Cc2nccn2C)cc1. The molecule has 0 N–H and O–H groups in total. The van der Waals surface area contributed by atoms with Crippen LogP contribution >= 0.6 is 0 Å². The standard InChI is InChI=1S/C17H21N3O2/c1-4-22-15-8-5-14(6-9-15)7-10-17(21)20(3)13-16-18-11-12-19(16)2/h5-12H,4,13H2,1-3H3. The summed E-state index contributed by atoms with van der Waals surface area (Å²) in [6, 6.07) is 7.64. The van der Waals surface area contributed by atoms with Gasteiger partial charge in [0.25, 0.3) is 0 Å². The molecule has 116 valence electrons. The summed E-state index contributed by atoms with van der Waals surface area (Å²) < 4.78 is 7.29. The Morgan fingerprint density at radius 2 is 2.09 bits per heavy atom. The first kappa shape index (κ1) is 15.8. The lowest BCUT2D eigenvalue weighted by Gasteiger charge is -2.14. The molecule has 5 heteroatoms. The quantitative estimate of drug-likeness (QED) is 0.770. The van der Waals surface area contributed by atoms with Crippen molar-refractivity contribution in [3.63, 3.8) is 0 Å². The molecule has 22 heavy (non-hydrogen) atoms. The molecule has 0 saturated carbocycles. The van der Waals surface area contributed by atoms with Crippen molar-refractivity contribution < 1.29 is 9.53 Å². The van der Waals surface area contributed by atoms with Crippen LogP contribution in [0.25, 0.3) is 6.08 Å². The van der Waals surface area contributed by atoms with E-state index in [9.17, 15) is 4.79 Å². The van der Waals surface area contributed by atoms with Crippen LogP contribution in [0.1, 0.15) is 18.3 Å². The molecule has 0 bridgehead atoms. The Morgan fingerprint density at radius 3 is 2.68 bits per heavy atom. The second-order valence-corrected chi connectivity index (χ2v) is 4.98. The number of hydrogen-bond donors (Lipinski definition) is 0. The second-order valence-electron chi connectivity index (χ2n) is 4.98. The average molecular weight is 299 g/mol. The first-order valence-corrected chi connectivity index (χ1v) is 7.22. The van der Waals surface area contributed by atoms with E-state index in [2.05, 4.69) is 4.98 Å². The summed E-state index contributed by atoms with van der Waals surface area (Å²) in [5.74, 6) is 1.63. The Bertz CT molecular complexity index is 644. The molecule has 0 fully saturated rings. The van der Waals surface area contributed by atoms with Crippen molar-refractivity contribution in [3.8, 4) is 5.75 Å². The maximum Gasteiger partial charge on any atom is 0.246 e. The molecule has 0 spiro atoms. The predicted molar refractivity (Wildman–Crippen MR) is 86.3 cm³/mol. The normalized spacial score (nSPS) is 10.9. The minimum absolute atomic E-state index is 0.0584. The summed E-state index contributed by atoms with van der Waals surface area (Å²) >= 11 is 0. The fourth-order valence-corrected chi connectivity index (χ4v) is 1.98. The number of aromatic nitrogens is 2. The highest BCUT2D eigenvalue weighted by atomic mass is 16.5. The number of carbonyl (C=O) groups excluding carboxylic acids is 1. The molecule has 2 aromatic rings. The summed E-state index contributed by atoms with van der Waals surface area (Å²) in [6.45, 7) is 3.07. The third-order valence-electron chi connectivity index (χ3n) is 3.29. The smallest absolute Gasteiger partial charge is 0.246 e. The molecule has 5 nitrogen and oxygen atoms in total. The number of carbonyl (C=O) groups is 1. The third-order valence-corrected chi connectivity index (χ3v) is 3.29. The molecule has 0 radical (unpaired) electrons. The van der Waals surface area contributed by atoms with Crippen molar-refractivity contribution in [2.75, 3.05) is 13.7 Å². The first-order valence-electron chi connectivity index (χ1n) is 7.22. The zero-order chi connectivity index (χ0) is 15.9. The molecule has 0 aliphatic carbocycles. The average Bonchev–Trinajstić information content (AvgIpc) is 2.91. The van der Waals surface area contributed by atoms with Gasteiger partial charge in [0.15, 0.2) is 0 Å². The van der Waals surface area contributed by atoms with Gasteiger partial charge in [0, 0.05) is 32.6 Å². The number of rotatable bonds is 6. The molecule has 0 aliphatic heterocycles. The van der Waals surface area contributed by atoms with E-state index in [0.717, 1.165) is 17.1 Å². The molecular formula is C17H21N3O2. The number of hydrogen-bond acceptors (Lipinski definition) is 3. The minimum atomic E-state index is -0.0584. The summed E-state index contributed by atoms with van der Waals surface area (Å²) in [5.41, 5.74) is 0.960. The summed E-state index contributed by atoms with van der Waals surface area (Å²) in [6.07, 6.45) is 6.96. The Hall–Kier alpha value is -2.56. The topological polar surface area (TPSA) is 47.4 Å². The van der Waals surface area contributed by atoms with Gasteiger partial charge in [-0.15, -0.1) is 0 Å². The molecule has 1 amide bonds. The van der Waals surface area contributed by atoms with E-state index in [1.165, 1.54) is 0 Å². The van der Waals surface area contributed by atoms with Gasteiger partial charge in [-0.2, -0.15) is 0 Å². The van der Waals surface area contributed by atoms with Crippen LogP contribution in [0.15, 0.2) is 42.7 Å². The zero-order valence-corrected chi connectivity index (χ0v) is 13.2. The van der Waals surface area contributed by atoms with Gasteiger partial charge in [0.05, 0.1) is 13.2 Å². The summed E-state index contributed by atoms with van der Waals surface area (Å²) in [4.78, 5) is 17.9. The van der Waals surface area contributed by atoms with E-state index >= 15 is 0 Å². The van der Waals surface area contributed by atoms with Crippen LogP contribution < -0.4 is 4.74 Å². The summed E-state index contributed by atoms with van der Waals surface area (Å²) in [7, 11) is 3.68. The van der Waals surface area contributed by atoms with Gasteiger partial charge in [-0.3, -0.25) is 4.79 Å². The van der Waals surface area contributed by atoms with Crippen LogP contribution in [0.2, 0.25) is 0 Å². The number of nitrogens with zero attached hydrogens (tertiary/aromatic N) is 3. The highest BCUT2D eigenvalue weighted by molar-refractivity contribution is 5.91. The van der Waals surface area contributed by atoms with E-state index < -0.39 is 0 Å². The van der Waals surface area contributed by atoms with Crippen molar-refractivity contribution in [1.29, 1.82) is 0 Å². The lowest BCUT2D eigenvalue weighted by molar-refractivity contribution is -0.125. The number of aryl methyl sites for hydroxylation is 1. The monoisotopic (exact) mass is 299 g/mol. The Kier molecular flexibility index (Phi) is 5.36. The highest BCUT2D eigenvalue weighted by Gasteiger charge is 2.08. The molecule has 2 rings (SSSR count). The third kappa shape index (κ3) is 4.22. The van der Waals surface area contributed by atoms with Gasteiger partial charge in [0.2, 0.25) is 5.91 Å². The summed E-state index contributed by atoms with van der Waals surface area (Å²) in [5, 5.41) is 0. The van der Waals surface area contributed by atoms with E-state index in [0.29, 0.717) is 13.2 Å². The predicted octanol–water partition coefficient (Wildman–Crippen LogP) is 2.49. The van der Waals surface area contributed by atoms with Crippen LogP contribution in [0, 0.1) is 0 Å². The maximum absolute atomic E-state index is 12.1. The molecule has 0 aliphatic rings. The van der Waals surface area contributed by atoms with Gasteiger partial charge in [0.1, 0.15) is 11.6 Å². The van der Waals surface area contributed by atoms with Crippen LogP contribution in [-0.2, 0) is 18.4 Å². The number of likely N-dealkylation sites (N-methyl/N-ethyl adjacent to an activating group) is 1. The van der Waals surface area contributed by atoms with Crippen LogP contribution in [0.3, 0.4) is 0 Å². The Morgan fingerprint density at radius 1 is 1.36 bits per heavy atom. The zero-order valence-electron chi connectivity index (χ0n) is 13.2. The van der Waals surface area contributed by atoms with E-state index in [4.69, 9.17) is 4.74 Å². The van der Waals surface area contributed by atoms with Gasteiger partial charge in [-0.25, -0.2) is 4.98 Å². The second kappa shape index (κ2) is 7.45. The Labute approximate surface area is 130 Å². The highest BCUT2D eigenvalue weighted by Crippen LogP contribution is 2.13. The fraction of sp³-hybridized carbons (Fsp3) is 0.294. The van der Waals surface area contributed by atoms with Crippen molar-refractivity contribution >= 4 is 12.0 Å². The molecular weight excluding hydrogens is 278 g/mol. The molecule has 1 aromatic heterocycles. The van der Waals surface area contributed by atoms with Crippen molar-refractivity contribution in [2.24, 2.45) is 7.05 Å². The molecule has 0 atom stereocenters. The van der Waals surface area contributed by atoms with E-state index in [1.807, 2.05) is 49.0 Å². The number of benzene rings is 1. The van der Waals surface area contributed by atoms with Crippen LogP contribution in [0.4, 0.5) is 0 Å². The van der Waals surface area contributed by atoms with Crippen LogP contribution in [0.5, 0.6) is 5.75 Å². The largest absolute Gasteiger partial charge is 0.494 e. The van der Waals surface area contributed by atoms with Gasteiger partial charge in [-0.1, -0.05) is 12.1 Å². The van der Waals surface area contributed by atoms with Crippen molar-refractivity contribution in [1.82, 2.24) is 14.5 Å². The maximum atomic E-state index is 12.1. The lowest BCUT2D eigenvalue weighted by Crippen LogP contribution is -2.25. The van der Waals surface area contributed by atoms with E-state index in [1.54, 1.807) is 30.3 Å². The van der Waals surface area contributed by atoms with Gasteiger partial charge in [-0.05, 0) is 30.7 Å². The molecule has 0 unspecified atom stereocenters. The fourth-order valence-electron chi connectivity index (χ4n) is 1.98.